The van der Waals surface area contributed by atoms with Gasteiger partial charge < -0.3 is 15.5 Å². The van der Waals surface area contributed by atoms with Crippen molar-refractivity contribution in [3.8, 4) is 0 Å². The average Bonchev–Trinajstić information content (AvgIpc) is 2.69. The van der Waals surface area contributed by atoms with Crippen LogP contribution in [0.4, 0.5) is 0 Å². The number of aromatic amines is 1. The van der Waals surface area contributed by atoms with Crippen LogP contribution in [0.3, 0.4) is 0 Å². The van der Waals surface area contributed by atoms with Gasteiger partial charge in [0.2, 0.25) is 0 Å². The predicted octanol–water partition coefficient (Wildman–Crippen LogP) is 1.56. The highest BCUT2D eigenvalue weighted by atomic mass is 32.2. The lowest BCUT2D eigenvalue weighted by Crippen LogP contribution is -2.47. The Morgan fingerprint density at radius 2 is 2.47 bits per heavy atom. The lowest BCUT2D eigenvalue weighted by molar-refractivity contribution is -0.149. The van der Waals surface area contributed by atoms with Gasteiger partial charge in [0.25, 0.3) is 0 Å². The zero-order valence-electron chi connectivity index (χ0n) is 10.4. The molecule has 0 radical (unpaired) electrons. The number of esters is 1. The Balaban J connectivity index is 2.49. The molecule has 0 amide bonds. The fourth-order valence-corrected chi connectivity index (χ4v) is 2.59. The molecule has 0 spiro atoms. The number of aromatic nitrogens is 2. The number of nitrogens with two attached hydrogens (primary N) is 1. The maximum atomic E-state index is 11.6. The maximum Gasteiger partial charge on any atom is 0.325 e. The highest BCUT2D eigenvalue weighted by Gasteiger charge is 2.32. The summed E-state index contributed by atoms with van der Waals surface area (Å²) in [6.45, 7) is 5.84. The van der Waals surface area contributed by atoms with Gasteiger partial charge in [0, 0.05) is 17.6 Å². The van der Waals surface area contributed by atoms with Crippen LogP contribution in [0.15, 0.2) is 17.6 Å². The summed E-state index contributed by atoms with van der Waals surface area (Å²) in [7, 11) is 0. The molecule has 0 aliphatic carbocycles. The van der Waals surface area contributed by atoms with Gasteiger partial charge in [0.15, 0.2) is 5.16 Å². The number of imidazole rings is 1. The number of ether oxygens (including phenoxy) is 1. The third-order valence-corrected chi connectivity index (χ3v) is 3.25. The summed E-state index contributed by atoms with van der Waals surface area (Å²) < 4.78 is 4.95. The summed E-state index contributed by atoms with van der Waals surface area (Å²) in [6, 6.07) is 0. The van der Waals surface area contributed by atoms with Crippen LogP contribution in [0, 0.1) is 0 Å². The summed E-state index contributed by atoms with van der Waals surface area (Å²) in [5, 5.41) is 1.01. The van der Waals surface area contributed by atoms with Crippen molar-refractivity contribution in [2.75, 3.05) is 6.61 Å². The number of nitrogens with one attached hydrogen (secondary N) is 1. The smallest absolute Gasteiger partial charge is 0.325 e. The minimum absolute atomic E-state index is 0.181. The molecule has 0 aliphatic heterocycles. The number of thioether (sulfide) groups is 1. The molecule has 2 unspecified atom stereocenters. The first kappa shape index (κ1) is 14.1. The number of rotatable bonds is 6. The van der Waals surface area contributed by atoms with Crippen LogP contribution in [0.2, 0.25) is 0 Å². The summed E-state index contributed by atoms with van der Waals surface area (Å²) in [4.78, 5) is 18.7. The molecule has 2 atom stereocenters. The summed E-state index contributed by atoms with van der Waals surface area (Å²) in [5.41, 5.74) is 5.01. The Kier molecular flexibility index (Phi) is 5.02. The molecule has 0 fully saturated rings. The SMILES string of the molecule is CCOC(=O)C(C)(N)CC(C)Sc1ncc[nH]1. The standard InChI is InChI=1S/C11H19N3O2S/c1-4-16-9(15)11(3,12)7-8(2)17-10-13-5-6-14-10/h5-6,8H,4,7,12H2,1-3H3,(H,13,14). The van der Waals surface area contributed by atoms with Gasteiger partial charge in [-0.15, -0.1) is 0 Å². The third-order valence-electron chi connectivity index (χ3n) is 2.24. The Labute approximate surface area is 106 Å². The van der Waals surface area contributed by atoms with E-state index in [2.05, 4.69) is 9.97 Å². The number of nitrogens with zero attached hydrogens (tertiary/aromatic N) is 1. The molecule has 0 saturated carbocycles. The van der Waals surface area contributed by atoms with Gasteiger partial charge in [0.05, 0.1) is 6.61 Å². The van der Waals surface area contributed by atoms with Crippen molar-refractivity contribution >= 4 is 17.7 Å². The normalized spacial score (nSPS) is 16.2. The van der Waals surface area contributed by atoms with E-state index in [9.17, 15) is 4.79 Å². The predicted molar refractivity (Wildman–Crippen MR) is 67.7 cm³/mol. The van der Waals surface area contributed by atoms with Gasteiger partial charge in [-0.1, -0.05) is 18.7 Å². The summed E-state index contributed by atoms with van der Waals surface area (Å²) in [5.74, 6) is -0.355. The van der Waals surface area contributed by atoms with Crippen LogP contribution in [0.25, 0.3) is 0 Å². The lowest BCUT2D eigenvalue weighted by atomic mass is 9.98. The van der Waals surface area contributed by atoms with Gasteiger partial charge >= 0.3 is 5.97 Å². The van der Waals surface area contributed by atoms with Gasteiger partial charge in [-0.2, -0.15) is 0 Å². The van der Waals surface area contributed by atoms with Crippen molar-refractivity contribution in [2.45, 2.75) is 43.1 Å². The van der Waals surface area contributed by atoms with E-state index >= 15 is 0 Å². The van der Waals surface area contributed by atoms with Crippen LogP contribution < -0.4 is 5.73 Å². The van der Waals surface area contributed by atoms with E-state index in [0.29, 0.717) is 13.0 Å². The van der Waals surface area contributed by atoms with Gasteiger partial charge in [-0.3, -0.25) is 4.79 Å². The minimum atomic E-state index is -0.949. The van der Waals surface area contributed by atoms with Crippen LogP contribution >= 0.6 is 11.8 Å². The highest BCUT2D eigenvalue weighted by Crippen LogP contribution is 2.25. The number of H-pyrrole nitrogens is 1. The molecular formula is C11H19N3O2S. The van der Waals surface area contributed by atoms with E-state index in [4.69, 9.17) is 10.5 Å². The largest absolute Gasteiger partial charge is 0.465 e. The van der Waals surface area contributed by atoms with E-state index in [1.165, 1.54) is 0 Å². The van der Waals surface area contributed by atoms with Crippen LogP contribution in [-0.4, -0.2) is 33.3 Å². The molecule has 0 saturated heterocycles. The third kappa shape index (κ3) is 4.40. The van der Waals surface area contributed by atoms with Crippen molar-refractivity contribution in [3.05, 3.63) is 12.4 Å². The second kappa shape index (κ2) is 6.07. The zero-order chi connectivity index (χ0) is 12.9. The van der Waals surface area contributed by atoms with Crippen molar-refractivity contribution in [2.24, 2.45) is 5.73 Å². The molecule has 1 aromatic rings. The molecule has 3 N–H and O–H groups in total. The van der Waals surface area contributed by atoms with Gasteiger partial charge in [0.1, 0.15) is 5.54 Å². The van der Waals surface area contributed by atoms with E-state index in [1.54, 1.807) is 38.0 Å². The van der Waals surface area contributed by atoms with Gasteiger partial charge in [-0.25, -0.2) is 4.98 Å². The fourth-order valence-electron chi connectivity index (χ4n) is 1.52. The van der Waals surface area contributed by atoms with E-state index in [1.807, 2.05) is 6.92 Å². The number of hydrogen-bond acceptors (Lipinski definition) is 5. The molecule has 1 aromatic heterocycles. The average molecular weight is 257 g/mol. The molecule has 1 rings (SSSR count). The molecule has 1 heterocycles. The van der Waals surface area contributed by atoms with Crippen LogP contribution in [-0.2, 0) is 9.53 Å². The second-order valence-corrected chi connectivity index (χ2v) is 5.59. The second-order valence-electron chi connectivity index (χ2n) is 4.16. The Morgan fingerprint density at radius 3 is 3.00 bits per heavy atom. The van der Waals surface area contributed by atoms with Crippen molar-refractivity contribution in [1.82, 2.24) is 9.97 Å². The molecule has 5 nitrogen and oxygen atoms in total. The molecule has 17 heavy (non-hydrogen) atoms. The first-order chi connectivity index (χ1) is 7.95. The Bertz CT molecular complexity index is 352. The monoisotopic (exact) mass is 257 g/mol. The molecule has 0 bridgehead atoms. The van der Waals surface area contributed by atoms with Gasteiger partial charge in [-0.05, 0) is 20.3 Å². The molecule has 0 aliphatic rings. The lowest BCUT2D eigenvalue weighted by Gasteiger charge is -2.24. The topological polar surface area (TPSA) is 81.0 Å². The first-order valence-electron chi connectivity index (χ1n) is 5.58. The number of carbonyl (C=O) groups excluding carboxylic acids is 1. The van der Waals surface area contributed by atoms with E-state index in [-0.39, 0.29) is 11.2 Å². The maximum absolute atomic E-state index is 11.6. The van der Waals surface area contributed by atoms with Crippen molar-refractivity contribution in [3.63, 3.8) is 0 Å². The Morgan fingerprint density at radius 1 is 1.76 bits per heavy atom. The quantitative estimate of drug-likeness (QED) is 0.597. The van der Waals surface area contributed by atoms with E-state index < -0.39 is 5.54 Å². The molecule has 96 valence electrons. The molecular weight excluding hydrogens is 238 g/mol. The highest BCUT2D eigenvalue weighted by molar-refractivity contribution is 7.99. The summed E-state index contributed by atoms with van der Waals surface area (Å²) in [6.07, 6.45) is 4.00. The zero-order valence-corrected chi connectivity index (χ0v) is 11.2. The van der Waals surface area contributed by atoms with Crippen molar-refractivity contribution < 1.29 is 9.53 Å². The fraction of sp³-hybridized carbons (Fsp3) is 0.636. The van der Waals surface area contributed by atoms with Crippen LogP contribution in [0.1, 0.15) is 27.2 Å². The molecule has 6 heteroatoms. The minimum Gasteiger partial charge on any atom is -0.465 e. The number of hydrogen-bond donors (Lipinski definition) is 2. The molecule has 0 aromatic carbocycles. The summed E-state index contributed by atoms with van der Waals surface area (Å²) >= 11 is 1.56. The number of carbonyl (C=O) groups is 1. The van der Waals surface area contributed by atoms with Crippen LogP contribution in [0.5, 0.6) is 0 Å². The Hall–Kier alpha value is -1.01. The van der Waals surface area contributed by atoms with Crippen molar-refractivity contribution in [1.29, 1.82) is 0 Å². The first-order valence-corrected chi connectivity index (χ1v) is 6.46. The van der Waals surface area contributed by atoms with E-state index in [0.717, 1.165) is 5.16 Å².